The summed E-state index contributed by atoms with van der Waals surface area (Å²) in [5, 5.41) is 12.4. The number of hydrogen-bond acceptors (Lipinski definition) is 2. The molecule has 0 aliphatic rings. The van der Waals surface area contributed by atoms with E-state index in [9.17, 15) is 5.26 Å². The highest BCUT2D eigenvalue weighted by Gasteiger charge is 2.20. The van der Waals surface area contributed by atoms with E-state index in [1.165, 1.54) is 26.9 Å². The zero-order valence-electron chi connectivity index (χ0n) is 16.3. The lowest BCUT2D eigenvalue weighted by molar-refractivity contribution is -0.660. The maximum Gasteiger partial charge on any atom is 0.213 e. The number of aryl methyl sites for hydroxylation is 2. The predicted molar refractivity (Wildman–Crippen MR) is 121 cm³/mol. The number of hydrogen-bond donors (Lipinski definition) is 0. The number of fused-ring (bicyclic) bond motifs is 3. The van der Waals surface area contributed by atoms with Crippen molar-refractivity contribution in [2.75, 3.05) is 0 Å². The van der Waals surface area contributed by atoms with Gasteiger partial charge in [0.25, 0.3) is 0 Å². The Morgan fingerprint density at radius 2 is 1.55 bits per heavy atom. The van der Waals surface area contributed by atoms with E-state index in [4.69, 9.17) is 0 Å². The van der Waals surface area contributed by atoms with Crippen LogP contribution in [-0.4, -0.2) is 0 Å². The monoisotopic (exact) mass is 391 g/mol. The molecule has 5 aromatic rings. The molecular formula is C26H19N2S+. The van der Waals surface area contributed by atoms with Crippen molar-refractivity contribution < 1.29 is 4.57 Å². The fraction of sp³-hybridized carbons (Fsp3) is 0.0769. The van der Waals surface area contributed by atoms with Crippen LogP contribution in [0.5, 0.6) is 0 Å². The van der Waals surface area contributed by atoms with Crippen molar-refractivity contribution in [3.63, 3.8) is 0 Å². The van der Waals surface area contributed by atoms with E-state index in [-0.39, 0.29) is 0 Å². The predicted octanol–water partition coefficient (Wildman–Crippen LogP) is 6.39. The summed E-state index contributed by atoms with van der Waals surface area (Å²) in [5.41, 5.74) is 6.51. The van der Waals surface area contributed by atoms with Crippen LogP contribution >= 0.6 is 11.3 Å². The van der Waals surface area contributed by atoms with Gasteiger partial charge in [0.1, 0.15) is 13.1 Å². The molecule has 0 N–H and O–H groups in total. The molecule has 0 radical (unpaired) electrons. The number of rotatable bonds is 2. The summed E-state index contributed by atoms with van der Waals surface area (Å²) >= 11 is 1.73. The highest BCUT2D eigenvalue weighted by molar-refractivity contribution is 7.26. The second-order valence-electron chi connectivity index (χ2n) is 7.28. The largest absolute Gasteiger partial charge is 0.213 e. The number of aromatic nitrogens is 1. The molecule has 0 aliphatic carbocycles. The van der Waals surface area contributed by atoms with E-state index in [2.05, 4.69) is 79.3 Å². The smallest absolute Gasteiger partial charge is 0.201 e. The van der Waals surface area contributed by atoms with Crippen LogP contribution in [0, 0.1) is 18.3 Å². The molecule has 2 nitrogen and oxygen atoms in total. The van der Waals surface area contributed by atoms with Crippen molar-refractivity contribution in [3.8, 4) is 28.5 Å². The van der Waals surface area contributed by atoms with Gasteiger partial charge >= 0.3 is 0 Å². The number of pyridine rings is 1. The number of benzene rings is 3. The van der Waals surface area contributed by atoms with Gasteiger partial charge in [0.15, 0.2) is 6.20 Å². The first kappa shape index (κ1) is 17.6. The Labute approximate surface area is 173 Å². The third-order valence-corrected chi connectivity index (χ3v) is 6.78. The van der Waals surface area contributed by atoms with Gasteiger partial charge in [-0.1, -0.05) is 54.6 Å². The van der Waals surface area contributed by atoms with Crippen molar-refractivity contribution in [1.82, 2.24) is 0 Å². The molecule has 138 valence electrons. The Bertz CT molecular complexity index is 1420. The highest BCUT2D eigenvalue weighted by Crippen LogP contribution is 2.43. The van der Waals surface area contributed by atoms with Crippen molar-refractivity contribution >= 4 is 31.5 Å². The van der Waals surface area contributed by atoms with Crippen LogP contribution in [0.2, 0.25) is 0 Å². The number of thiophene rings is 1. The van der Waals surface area contributed by atoms with Gasteiger partial charge in [-0.25, -0.2) is 4.57 Å². The summed E-state index contributed by atoms with van der Waals surface area (Å²) in [4.78, 5) is 0. The highest BCUT2D eigenvalue weighted by atomic mass is 32.1. The number of nitriles is 1. The minimum Gasteiger partial charge on any atom is -0.201 e. The van der Waals surface area contributed by atoms with Crippen LogP contribution in [0.3, 0.4) is 0 Å². The van der Waals surface area contributed by atoms with Crippen molar-refractivity contribution in [1.29, 1.82) is 5.26 Å². The summed E-state index contributed by atoms with van der Waals surface area (Å²) < 4.78 is 4.46. The van der Waals surface area contributed by atoms with Gasteiger partial charge in [0.05, 0.1) is 15.8 Å². The Balaban J connectivity index is 1.88. The average molecular weight is 392 g/mol. The Kier molecular flexibility index (Phi) is 4.16. The molecular weight excluding hydrogens is 372 g/mol. The third kappa shape index (κ3) is 2.73. The molecule has 0 unspecified atom stereocenters. The maximum atomic E-state index is 10.0. The van der Waals surface area contributed by atoms with Gasteiger partial charge < -0.3 is 0 Å². The van der Waals surface area contributed by atoms with Crippen LogP contribution in [0.1, 0.15) is 11.1 Å². The summed E-state index contributed by atoms with van der Waals surface area (Å²) in [6.45, 7) is 2.16. The van der Waals surface area contributed by atoms with E-state index >= 15 is 0 Å². The van der Waals surface area contributed by atoms with Gasteiger partial charge in [0.2, 0.25) is 5.69 Å². The van der Waals surface area contributed by atoms with E-state index in [1.807, 2.05) is 24.3 Å². The first-order valence-corrected chi connectivity index (χ1v) is 10.4. The van der Waals surface area contributed by atoms with Gasteiger partial charge in [-0.2, -0.15) is 5.26 Å². The molecule has 0 bridgehead atoms. The van der Waals surface area contributed by atoms with E-state index in [0.29, 0.717) is 0 Å². The molecule has 0 amide bonds. The van der Waals surface area contributed by atoms with Gasteiger partial charge in [0, 0.05) is 33.2 Å². The summed E-state index contributed by atoms with van der Waals surface area (Å²) in [6.07, 6.45) is 2.08. The summed E-state index contributed by atoms with van der Waals surface area (Å²) in [7, 11) is 2.08. The molecule has 2 aromatic heterocycles. The normalized spacial score (nSPS) is 11.1. The van der Waals surface area contributed by atoms with Gasteiger partial charge in [-0.15, -0.1) is 11.3 Å². The lowest BCUT2D eigenvalue weighted by atomic mass is 9.96. The zero-order valence-corrected chi connectivity index (χ0v) is 17.1. The minimum atomic E-state index is 0.760. The molecule has 3 heteroatoms. The minimum absolute atomic E-state index is 0.760. The van der Waals surface area contributed by atoms with Crippen LogP contribution in [0.25, 0.3) is 42.6 Å². The SMILES string of the molecule is Cc1ccc2c(sc3c(C#N)c(-c4ccccc4)ccc32)c1-c1cccc[n+]1C. The maximum absolute atomic E-state index is 10.0. The average Bonchev–Trinajstić information content (AvgIpc) is 3.13. The molecule has 0 atom stereocenters. The zero-order chi connectivity index (χ0) is 20.0. The van der Waals surface area contributed by atoms with Gasteiger partial charge in [-0.3, -0.25) is 0 Å². The molecule has 29 heavy (non-hydrogen) atoms. The second kappa shape index (κ2) is 6.84. The third-order valence-electron chi connectivity index (χ3n) is 5.53. The fourth-order valence-electron chi connectivity index (χ4n) is 4.07. The van der Waals surface area contributed by atoms with E-state index < -0.39 is 0 Å². The van der Waals surface area contributed by atoms with Crippen molar-refractivity contribution in [2.45, 2.75) is 6.92 Å². The molecule has 0 saturated heterocycles. The van der Waals surface area contributed by atoms with Crippen LogP contribution < -0.4 is 4.57 Å². The Hall–Kier alpha value is -3.48. The van der Waals surface area contributed by atoms with Crippen LogP contribution in [0.15, 0.2) is 79.0 Å². The van der Waals surface area contributed by atoms with Crippen LogP contribution in [0.4, 0.5) is 0 Å². The first-order chi connectivity index (χ1) is 14.2. The fourth-order valence-corrected chi connectivity index (χ4v) is 5.48. The lowest BCUT2D eigenvalue weighted by Gasteiger charge is -2.06. The van der Waals surface area contributed by atoms with E-state index in [0.717, 1.165) is 26.8 Å². The quantitative estimate of drug-likeness (QED) is 0.320. The van der Waals surface area contributed by atoms with Crippen LogP contribution in [-0.2, 0) is 7.05 Å². The second-order valence-corrected chi connectivity index (χ2v) is 8.30. The molecule has 5 rings (SSSR count). The molecule has 0 saturated carbocycles. The summed E-state index contributed by atoms with van der Waals surface area (Å²) in [6, 6.07) is 27.6. The molecule has 0 spiro atoms. The number of nitrogens with zero attached hydrogens (tertiary/aromatic N) is 2. The van der Waals surface area contributed by atoms with Gasteiger partial charge in [-0.05, 0) is 24.1 Å². The lowest BCUT2D eigenvalue weighted by Crippen LogP contribution is -2.30. The molecule has 0 fully saturated rings. The van der Waals surface area contributed by atoms with E-state index in [1.54, 1.807) is 11.3 Å². The standard InChI is InChI=1S/C26H19N2S/c1-17-11-12-21-20-14-13-19(18-8-4-3-5-9-18)22(16-27)25(20)29-26(21)24(17)23-10-6-7-15-28(23)2/h3-15H,1-2H3/q+1. The Morgan fingerprint density at radius 3 is 2.31 bits per heavy atom. The molecule has 0 aliphatic heterocycles. The van der Waals surface area contributed by atoms with Crippen molar-refractivity contribution in [2.24, 2.45) is 7.05 Å². The van der Waals surface area contributed by atoms with Crippen molar-refractivity contribution in [3.05, 3.63) is 90.1 Å². The first-order valence-electron chi connectivity index (χ1n) is 9.58. The molecule has 3 aromatic carbocycles. The Morgan fingerprint density at radius 1 is 0.828 bits per heavy atom. The molecule has 2 heterocycles. The topological polar surface area (TPSA) is 27.7 Å². The summed E-state index contributed by atoms with van der Waals surface area (Å²) in [5.74, 6) is 0.